The molecule has 0 amide bonds. The van der Waals surface area contributed by atoms with Crippen molar-refractivity contribution in [3.8, 4) is 0 Å². The molecule has 0 spiro atoms. The number of nitrogens with zero attached hydrogens (tertiary/aromatic N) is 2. The second-order valence-corrected chi connectivity index (χ2v) is 11.0. The number of allylic oxidation sites excluding steroid dienone is 1. The van der Waals surface area contributed by atoms with Crippen molar-refractivity contribution in [1.29, 1.82) is 0 Å². The first kappa shape index (κ1) is 25.3. The van der Waals surface area contributed by atoms with Gasteiger partial charge in [-0.2, -0.15) is 4.58 Å². The van der Waals surface area contributed by atoms with Crippen LogP contribution in [0.25, 0.3) is 0 Å². The second-order valence-electron chi connectivity index (χ2n) is 11.0. The number of hydrogen-bond acceptors (Lipinski definition) is 2. The number of fused-ring (bicyclic) bond motifs is 1. The van der Waals surface area contributed by atoms with Crippen molar-refractivity contribution in [2.45, 2.75) is 51.9 Å². The van der Waals surface area contributed by atoms with Crippen LogP contribution < -0.4 is 0 Å². The third kappa shape index (κ3) is 5.37. The van der Waals surface area contributed by atoms with Gasteiger partial charge in [-0.05, 0) is 36.3 Å². The molecule has 3 nitrogen and oxygen atoms in total. The monoisotopic (exact) mass is 493 g/mol. The summed E-state index contributed by atoms with van der Waals surface area (Å²) in [6.45, 7) is 10.7. The van der Waals surface area contributed by atoms with E-state index >= 15 is 0 Å². The zero-order chi connectivity index (χ0) is 25.7. The summed E-state index contributed by atoms with van der Waals surface area (Å²) in [6.07, 6.45) is 6.56. The van der Waals surface area contributed by atoms with Crippen molar-refractivity contribution >= 4 is 11.4 Å². The van der Waals surface area contributed by atoms with Gasteiger partial charge in [0.1, 0.15) is 13.2 Å². The molecule has 0 saturated carbocycles. The van der Waals surface area contributed by atoms with E-state index in [0.717, 1.165) is 51.4 Å². The summed E-state index contributed by atoms with van der Waals surface area (Å²) in [5, 5.41) is 0. The summed E-state index contributed by atoms with van der Waals surface area (Å²) >= 11 is 0. The Morgan fingerprint density at radius 3 is 2.14 bits per heavy atom. The van der Waals surface area contributed by atoms with Gasteiger partial charge in [-0.25, -0.2) is 0 Å². The van der Waals surface area contributed by atoms with E-state index in [9.17, 15) is 0 Å². The third-order valence-electron chi connectivity index (χ3n) is 7.80. The molecule has 3 aromatic carbocycles. The summed E-state index contributed by atoms with van der Waals surface area (Å²) in [5.74, 6) is 1.71. The molecule has 2 aliphatic rings. The molecule has 3 aromatic rings. The van der Waals surface area contributed by atoms with E-state index in [4.69, 9.17) is 4.74 Å². The summed E-state index contributed by atoms with van der Waals surface area (Å²) in [7, 11) is 0. The molecule has 2 heterocycles. The minimum Gasteiger partial charge on any atom is -0.477 e. The summed E-state index contributed by atoms with van der Waals surface area (Å²) in [6, 6.07) is 31.1. The van der Waals surface area contributed by atoms with Crippen LogP contribution in [0.15, 0.2) is 96.9 Å². The van der Waals surface area contributed by atoms with Gasteiger partial charge in [0, 0.05) is 24.6 Å². The maximum Gasteiger partial charge on any atom is 0.209 e. The average Bonchev–Trinajstić information content (AvgIpc) is 3.46. The Labute approximate surface area is 223 Å². The van der Waals surface area contributed by atoms with Crippen LogP contribution in [-0.2, 0) is 23.0 Å². The highest BCUT2D eigenvalue weighted by atomic mass is 16.5. The Hall–Kier alpha value is -3.33. The first-order valence-corrected chi connectivity index (χ1v) is 14.0. The van der Waals surface area contributed by atoms with Crippen LogP contribution in [0.2, 0.25) is 0 Å². The number of ether oxygens (including phenoxy) is 1. The molecule has 0 bridgehead atoms. The quantitative estimate of drug-likeness (QED) is 0.279. The van der Waals surface area contributed by atoms with Crippen LogP contribution in [-0.4, -0.2) is 41.4 Å². The molecule has 0 N–H and O–H groups in total. The molecule has 37 heavy (non-hydrogen) atoms. The van der Waals surface area contributed by atoms with Gasteiger partial charge < -0.3 is 9.64 Å². The fraction of sp³-hybridized carbons (Fsp3) is 0.382. The van der Waals surface area contributed by atoms with Gasteiger partial charge in [-0.3, -0.25) is 0 Å². The summed E-state index contributed by atoms with van der Waals surface area (Å²) in [4.78, 5) is 2.45. The zero-order valence-electron chi connectivity index (χ0n) is 22.7. The molecule has 5 rings (SSSR count). The maximum atomic E-state index is 6.32. The lowest BCUT2D eigenvalue weighted by atomic mass is 9.69. The number of rotatable bonds is 10. The van der Waals surface area contributed by atoms with Gasteiger partial charge in [0.05, 0.1) is 18.0 Å². The number of hydrogen-bond donors (Lipinski definition) is 0. The molecule has 1 fully saturated rings. The topological polar surface area (TPSA) is 15.5 Å². The Kier molecular flexibility index (Phi) is 7.79. The highest BCUT2D eigenvalue weighted by Gasteiger charge is 2.51. The first-order chi connectivity index (χ1) is 18.1. The number of para-hydroxylation sites is 1. The van der Waals surface area contributed by atoms with E-state index in [1.165, 1.54) is 34.5 Å². The van der Waals surface area contributed by atoms with Gasteiger partial charge in [0.15, 0.2) is 11.6 Å². The van der Waals surface area contributed by atoms with Gasteiger partial charge in [-0.15, -0.1) is 0 Å². The lowest BCUT2D eigenvalue weighted by Gasteiger charge is -2.29. The van der Waals surface area contributed by atoms with Gasteiger partial charge in [0.25, 0.3) is 0 Å². The molecule has 192 valence electrons. The number of benzene rings is 3. The van der Waals surface area contributed by atoms with Crippen molar-refractivity contribution in [2.75, 3.05) is 26.2 Å². The molecule has 0 aliphatic carbocycles. The standard InChI is InChI=1S/C34H41N2O/c1-4-20-36-31-18-12-11-17-30(31)34(25-28-13-7-5-8-14-28,26-29-15-9-6-10-16-29)32(36)24-33-35(22-23-37-33)21-19-27(2)3/h5-18,24,27H,4,19-23,25-26H2,1-3H3/q+1. The molecule has 2 aliphatic heterocycles. The normalized spacial score (nSPS) is 17.5. The predicted octanol–water partition coefficient (Wildman–Crippen LogP) is 7.14. The van der Waals surface area contributed by atoms with Crippen molar-refractivity contribution in [2.24, 2.45) is 5.92 Å². The van der Waals surface area contributed by atoms with E-state index < -0.39 is 0 Å². The van der Waals surface area contributed by atoms with E-state index in [1.54, 1.807) is 0 Å². The summed E-state index contributed by atoms with van der Waals surface area (Å²) < 4.78 is 8.90. The molecular weight excluding hydrogens is 452 g/mol. The SMILES string of the molecule is CCC[N+]1=C(/C=C2\OCCN2CCC(C)C)C(Cc2ccccc2)(Cc2ccccc2)c2ccccc21. The molecule has 0 unspecified atom stereocenters. The lowest BCUT2D eigenvalue weighted by molar-refractivity contribution is -0.437. The van der Waals surface area contributed by atoms with E-state index in [-0.39, 0.29) is 5.41 Å². The van der Waals surface area contributed by atoms with Crippen LogP contribution >= 0.6 is 0 Å². The highest BCUT2D eigenvalue weighted by Crippen LogP contribution is 2.45. The third-order valence-corrected chi connectivity index (χ3v) is 7.80. The highest BCUT2D eigenvalue weighted by molar-refractivity contribution is 6.04. The van der Waals surface area contributed by atoms with Crippen molar-refractivity contribution in [3.63, 3.8) is 0 Å². The van der Waals surface area contributed by atoms with Crippen LogP contribution in [0.1, 0.15) is 50.3 Å². The Balaban J connectivity index is 1.69. The minimum atomic E-state index is -0.183. The molecule has 3 heteroatoms. The fourth-order valence-electron chi connectivity index (χ4n) is 5.99. The van der Waals surface area contributed by atoms with Gasteiger partial charge in [-0.1, -0.05) is 99.6 Å². The fourth-order valence-corrected chi connectivity index (χ4v) is 5.99. The Morgan fingerprint density at radius 1 is 0.892 bits per heavy atom. The zero-order valence-corrected chi connectivity index (χ0v) is 22.7. The van der Waals surface area contributed by atoms with Crippen molar-refractivity contribution in [1.82, 2.24) is 4.90 Å². The van der Waals surface area contributed by atoms with Crippen molar-refractivity contribution < 1.29 is 9.31 Å². The molecule has 0 aromatic heterocycles. The van der Waals surface area contributed by atoms with Crippen molar-refractivity contribution in [3.05, 3.63) is 114 Å². The minimum absolute atomic E-state index is 0.183. The molecule has 0 atom stereocenters. The molecule has 0 radical (unpaired) electrons. The molecule has 1 saturated heterocycles. The van der Waals surface area contributed by atoms with Crippen LogP contribution in [0.3, 0.4) is 0 Å². The lowest BCUT2D eigenvalue weighted by Crippen LogP contribution is -2.40. The summed E-state index contributed by atoms with van der Waals surface area (Å²) in [5.41, 5.74) is 6.69. The predicted molar refractivity (Wildman–Crippen MR) is 154 cm³/mol. The van der Waals surface area contributed by atoms with E-state index in [1.807, 2.05) is 0 Å². The second kappa shape index (κ2) is 11.4. The van der Waals surface area contributed by atoms with Crippen LogP contribution in [0.5, 0.6) is 0 Å². The van der Waals surface area contributed by atoms with Crippen LogP contribution in [0, 0.1) is 5.92 Å². The van der Waals surface area contributed by atoms with Crippen LogP contribution in [0.4, 0.5) is 5.69 Å². The van der Waals surface area contributed by atoms with E-state index in [0.29, 0.717) is 5.92 Å². The van der Waals surface area contributed by atoms with Gasteiger partial charge in [0.2, 0.25) is 5.69 Å². The average molecular weight is 494 g/mol. The Bertz CT molecular complexity index is 1200. The largest absolute Gasteiger partial charge is 0.477 e. The Morgan fingerprint density at radius 2 is 1.51 bits per heavy atom. The first-order valence-electron chi connectivity index (χ1n) is 14.0. The maximum absolute atomic E-state index is 6.32. The molecular formula is C34H41N2O+. The van der Waals surface area contributed by atoms with E-state index in [2.05, 4.69) is 121 Å². The van der Waals surface area contributed by atoms with Gasteiger partial charge >= 0.3 is 0 Å². The smallest absolute Gasteiger partial charge is 0.209 e.